The number of hydrogen-bond acceptors (Lipinski definition) is 3. The van der Waals surface area contributed by atoms with Crippen LogP contribution in [0, 0.1) is 10.8 Å². The number of guanidine groups is 2. The molecule has 6 nitrogen and oxygen atoms in total. The van der Waals surface area contributed by atoms with E-state index in [1.54, 1.807) is 7.11 Å². The molecular weight excluding hydrogens is 254 g/mol. The van der Waals surface area contributed by atoms with Gasteiger partial charge in [-0.25, -0.2) is 0 Å². The first-order valence-electron chi connectivity index (χ1n) is 6.70. The summed E-state index contributed by atoms with van der Waals surface area (Å²) in [6, 6.07) is 7.62. The predicted octanol–water partition coefficient (Wildman–Crippen LogP) is 1.63. The molecule has 0 aliphatic heterocycles. The Labute approximate surface area is 119 Å². The molecule has 20 heavy (non-hydrogen) atoms. The highest BCUT2D eigenvalue weighted by molar-refractivity contribution is 5.95. The number of hydrogen-bond donors (Lipinski definition) is 5. The minimum atomic E-state index is 0.106. The van der Waals surface area contributed by atoms with E-state index in [4.69, 9.17) is 15.6 Å². The Hall–Kier alpha value is -2.24. The van der Waals surface area contributed by atoms with Crippen molar-refractivity contribution in [3.63, 3.8) is 0 Å². The van der Waals surface area contributed by atoms with Crippen LogP contribution in [0.2, 0.25) is 0 Å². The van der Waals surface area contributed by atoms with Crippen LogP contribution in [0.4, 0.5) is 0 Å². The van der Waals surface area contributed by atoms with Crippen LogP contribution < -0.4 is 20.7 Å². The van der Waals surface area contributed by atoms with Crippen molar-refractivity contribution in [2.75, 3.05) is 13.7 Å². The molecule has 1 aromatic rings. The molecule has 0 unspecified atom stereocenters. The molecule has 0 fully saturated rings. The number of ether oxygens (including phenoxy) is 1. The van der Waals surface area contributed by atoms with E-state index in [2.05, 4.69) is 22.9 Å². The molecular formula is C14H23N5O. The Balaban J connectivity index is 2.26. The summed E-state index contributed by atoms with van der Waals surface area (Å²) in [5, 5.41) is 23.8. The Bertz CT molecular complexity index is 430. The van der Waals surface area contributed by atoms with Gasteiger partial charge in [0.1, 0.15) is 5.75 Å². The monoisotopic (exact) mass is 277 g/mol. The molecule has 0 aromatic heterocycles. The van der Waals surface area contributed by atoms with Gasteiger partial charge in [0.15, 0.2) is 11.9 Å². The van der Waals surface area contributed by atoms with E-state index in [1.807, 2.05) is 24.3 Å². The molecule has 0 saturated carbocycles. The van der Waals surface area contributed by atoms with E-state index in [1.165, 1.54) is 0 Å². The van der Waals surface area contributed by atoms with Gasteiger partial charge in [-0.3, -0.25) is 16.1 Å². The van der Waals surface area contributed by atoms with Crippen molar-refractivity contribution in [1.82, 2.24) is 16.0 Å². The third-order valence-corrected chi connectivity index (χ3v) is 2.71. The zero-order valence-electron chi connectivity index (χ0n) is 12.0. The number of rotatable bonds is 6. The Kier molecular flexibility index (Phi) is 6.95. The average molecular weight is 277 g/mol. The molecule has 0 aliphatic rings. The highest BCUT2D eigenvalue weighted by Gasteiger charge is 2.00. The van der Waals surface area contributed by atoms with Crippen molar-refractivity contribution >= 4 is 11.9 Å². The second kappa shape index (κ2) is 8.79. The van der Waals surface area contributed by atoms with Crippen molar-refractivity contribution in [3.05, 3.63) is 29.8 Å². The fourth-order valence-corrected chi connectivity index (χ4v) is 1.54. The number of nitrogens with one attached hydrogen (secondary N) is 5. The lowest BCUT2D eigenvalue weighted by molar-refractivity contribution is 0.414. The van der Waals surface area contributed by atoms with Crippen LogP contribution in [0.25, 0.3) is 0 Å². The van der Waals surface area contributed by atoms with Crippen LogP contribution in [-0.2, 0) is 6.54 Å². The van der Waals surface area contributed by atoms with E-state index in [0.29, 0.717) is 6.54 Å². The summed E-state index contributed by atoms with van der Waals surface area (Å²) >= 11 is 0. The van der Waals surface area contributed by atoms with Crippen LogP contribution in [0.5, 0.6) is 5.75 Å². The molecule has 0 saturated heterocycles. The molecule has 0 aliphatic carbocycles. The van der Waals surface area contributed by atoms with E-state index in [9.17, 15) is 0 Å². The van der Waals surface area contributed by atoms with Crippen LogP contribution in [0.3, 0.4) is 0 Å². The summed E-state index contributed by atoms with van der Waals surface area (Å²) in [7, 11) is 1.63. The van der Waals surface area contributed by atoms with Crippen molar-refractivity contribution in [1.29, 1.82) is 10.8 Å². The van der Waals surface area contributed by atoms with E-state index in [-0.39, 0.29) is 11.9 Å². The third-order valence-electron chi connectivity index (χ3n) is 2.71. The lowest BCUT2D eigenvalue weighted by atomic mass is 10.2. The molecule has 0 amide bonds. The van der Waals surface area contributed by atoms with E-state index >= 15 is 0 Å². The van der Waals surface area contributed by atoms with Gasteiger partial charge in [-0.2, -0.15) is 0 Å². The van der Waals surface area contributed by atoms with Gasteiger partial charge in [-0.1, -0.05) is 25.5 Å². The fraction of sp³-hybridized carbons (Fsp3) is 0.429. The molecule has 0 radical (unpaired) electrons. The lowest BCUT2D eigenvalue weighted by Gasteiger charge is -2.12. The molecule has 1 aromatic carbocycles. The number of benzene rings is 1. The summed E-state index contributed by atoms with van der Waals surface area (Å²) in [5.74, 6) is 1.06. The molecule has 110 valence electrons. The zero-order valence-corrected chi connectivity index (χ0v) is 12.0. The minimum absolute atomic E-state index is 0.106. The van der Waals surface area contributed by atoms with Crippen molar-refractivity contribution in [3.8, 4) is 5.75 Å². The average Bonchev–Trinajstić information content (AvgIpc) is 2.46. The van der Waals surface area contributed by atoms with Crippen LogP contribution in [0.1, 0.15) is 25.3 Å². The van der Waals surface area contributed by atoms with Gasteiger partial charge in [0.25, 0.3) is 0 Å². The normalized spacial score (nSPS) is 9.70. The number of methoxy groups -OCH3 is 1. The maximum Gasteiger partial charge on any atom is 0.195 e. The van der Waals surface area contributed by atoms with Gasteiger partial charge >= 0.3 is 0 Å². The smallest absolute Gasteiger partial charge is 0.195 e. The molecule has 0 bridgehead atoms. The highest BCUT2D eigenvalue weighted by Crippen LogP contribution is 2.10. The van der Waals surface area contributed by atoms with Crippen molar-refractivity contribution in [2.45, 2.75) is 26.3 Å². The van der Waals surface area contributed by atoms with Gasteiger partial charge < -0.3 is 15.4 Å². The van der Waals surface area contributed by atoms with E-state index in [0.717, 1.165) is 30.7 Å². The highest BCUT2D eigenvalue weighted by atomic mass is 16.5. The first-order chi connectivity index (χ1) is 9.65. The van der Waals surface area contributed by atoms with Crippen molar-refractivity contribution < 1.29 is 4.74 Å². The summed E-state index contributed by atoms with van der Waals surface area (Å²) in [4.78, 5) is 0. The molecule has 5 N–H and O–H groups in total. The van der Waals surface area contributed by atoms with Gasteiger partial charge in [0.2, 0.25) is 0 Å². The summed E-state index contributed by atoms with van der Waals surface area (Å²) in [6.07, 6.45) is 2.09. The van der Waals surface area contributed by atoms with Crippen molar-refractivity contribution in [2.24, 2.45) is 0 Å². The SMILES string of the molecule is CCCCNC(=N)NC(=N)NCc1ccc(OC)cc1. The standard InChI is InChI=1S/C14H23N5O/c1-3-4-9-17-13(15)19-14(16)18-10-11-5-7-12(20-2)8-6-11/h5-8H,3-4,9-10H2,1-2H3,(H5,15,16,17,18,19). The van der Waals surface area contributed by atoms with Crippen LogP contribution in [-0.4, -0.2) is 25.6 Å². The third kappa shape index (κ3) is 6.08. The van der Waals surface area contributed by atoms with E-state index < -0.39 is 0 Å². The Morgan fingerprint density at radius 1 is 1.10 bits per heavy atom. The van der Waals surface area contributed by atoms with Crippen LogP contribution >= 0.6 is 0 Å². The lowest BCUT2D eigenvalue weighted by Crippen LogP contribution is -2.45. The first kappa shape index (κ1) is 15.8. The maximum atomic E-state index is 7.70. The zero-order chi connectivity index (χ0) is 14.8. The second-order valence-corrected chi connectivity index (χ2v) is 4.36. The van der Waals surface area contributed by atoms with Gasteiger partial charge in [0.05, 0.1) is 7.11 Å². The largest absolute Gasteiger partial charge is 0.497 e. The molecule has 0 spiro atoms. The summed E-state index contributed by atoms with van der Waals surface area (Å²) in [5.41, 5.74) is 1.04. The first-order valence-corrected chi connectivity index (χ1v) is 6.70. The predicted molar refractivity (Wildman–Crippen MR) is 81.3 cm³/mol. The quantitative estimate of drug-likeness (QED) is 0.310. The minimum Gasteiger partial charge on any atom is -0.497 e. The Morgan fingerprint density at radius 3 is 2.35 bits per heavy atom. The Morgan fingerprint density at radius 2 is 1.75 bits per heavy atom. The van der Waals surface area contributed by atoms with Gasteiger partial charge in [-0.15, -0.1) is 0 Å². The maximum absolute atomic E-state index is 7.70. The van der Waals surface area contributed by atoms with Gasteiger partial charge in [-0.05, 0) is 24.1 Å². The molecule has 0 heterocycles. The van der Waals surface area contributed by atoms with Gasteiger partial charge in [0, 0.05) is 13.1 Å². The second-order valence-electron chi connectivity index (χ2n) is 4.36. The summed E-state index contributed by atoms with van der Waals surface area (Å²) in [6.45, 7) is 3.36. The molecule has 6 heteroatoms. The van der Waals surface area contributed by atoms with Crippen LogP contribution in [0.15, 0.2) is 24.3 Å². The summed E-state index contributed by atoms with van der Waals surface area (Å²) < 4.78 is 5.08. The molecule has 0 atom stereocenters. The fourth-order valence-electron chi connectivity index (χ4n) is 1.54. The number of unbranched alkanes of at least 4 members (excludes halogenated alkanes) is 1. The molecule has 1 rings (SSSR count). The topological polar surface area (TPSA) is 93.0 Å².